The highest BCUT2D eigenvalue weighted by molar-refractivity contribution is 6.02. The Morgan fingerprint density at radius 1 is 1.03 bits per heavy atom. The Hall–Kier alpha value is -4.78. The van der Waals surface area contributed by atoms with Gasteiger partial charge in [-0.3, -0.25) is 9.78 Å². The lowest BCUT2D eigenvalue weighted by atomic mass is 10.1. The molecule has 184 valence electrons. The Labute approximate surface area is 216 Å². The number of amides is 1. The summed E-state index contributed by atoms with van der Waals surface area (Å²) in [6.45, 7) is 4.95. The molecule has 7 nitrogen and oxygen atoms in total. The summed E-state index contributed by atoms with van der Waals surface area (Å²) in [6.07, 6.45) is 12.5. The van der Waals surface area contributed by atoms with Gasteiger partial charge in [0.25, 0.3) is 0 Å². The number of nitrogens with one attached hydrogen (secondary N) is 1. The van der Waals surface area contributed by atoms with Crippen molar-refractivity contribution in [3.05, 3.63) is 121 Å². The lowest BCUT2D eigenvalue weighted by molar-refractivity contribution is -0.111. The van der Waals surface area contributed by atoms with Gasteiger partial charge < -0.3 is 9.88 Å². The molecule has 3 heterocycles. The second-order valence-corrected chi connectivity index (χ2v) is 9.05. The predicted octanol–water partition coefficient (Wildman–Crippen LogP) is 5.95. The molecule has 1 N–H and O–H groups in total. The molecule has 0 spiro atoms. The molecular formula is C30H28N6O. The second-order valence-electron chi connectivity index (χ2n) is 9.05. The number of carbonyl (C=O) groups excluding carboxylic acids is 1. The molecule has 0 aliphatic rings. The minimum atomic E-state index is -0.216. The van der Waals surface area contributed by atoms with Gasteiger partial charge in [0.1, 0.15) is 11.5 Å². The highest BCUT2D eigenvalue weighted by Crippen LogP contribution is 2.24. The Morgan fingerprint density at radius 2 is 1.89 bits per heavy atom. The van der Waals surface area contributed by atoms with Crippen molar-refractivity contribution in [3.63, 3.8) is 0 Å². The van der Waals surface area contributed by atoms with E-state index in [9.17, 15) is 4.79 Å². The molecule has 0 saturated heterocycles. The van der Waals surface area contributed by atoms with E-state index in [1.54, 1.807) is 18.5 Å². The molecule has 37 heavy (non-hydrogen) atoms. The van der Waals surface area contributed by atoms with Gasteiger partial charge in [0.15, 0.2) is 0 Å². The van der Waals surface area contributed by atoms with Crippen molar-refractivity contribution in [2.24, 2.45) is 0 Å². The number of hydrogen-bond acceptors (Lipinski definition) is 4. The number of hydrogen-bond donors (Lipinski definition) is 1. The molecule has 0 fully saturated rings. The molecular weight excluding hydrogens is 460 g/mol. The maximum atomic E-state index is 12.8. The fourth-order valence-electron chi connectivity index (χ4n) is 4.20. The van der Waals surface area contributed by atoms with Crippen LogP contribution in [0.25, 0.3) is 23.0 Å². The van der Waals surface area contributed by atoms with Crippen LogP contribution in [0.4, 0.5) is 5.69 Å². The minimum absolute atomic E-state index is 0.216. The van der Waals surface area contributed by atoms with Crippen LogP contribution in [0.3, 0.4) is 0 Å². The molecule has 0 bridgehead atoms. The first-order valence-electron chi connectivity index (χ1n) is 12.2. The van der Waals surface area contributed by atoms with Crippen molar-refractivity contribution >= 4 is 17.7 Å². The molecule has 2 aromatic carbocycles. The normalized spacial score (nSPS) is 11.3. The molecule has 3 aromatic heterocycles. The molecule has 7 heteroatoms. The Bertz CT molecular complexity index is 1520. The first kappa shape index (κ1) is 23.9. The topological polar surface area (TPSA) is 77.6 Å². The highest BCUT2D eigenvalue weighted by atomic mass is 16.1. The van der Waals surface area contributed by atoms with E-state index in [4.69, 9.17) is 5.10 Å². The zero-order valence-electron chi connectivity index (χ0n) is 20.8. The van der Waals surface area contributed by atoms with Crippen molar-refractivity contribution in [3.8, 4) is 16.9 Å². The number of rotatable bonds is 8. The van der Waals surface area contributed by atoms with E-state index in [0.717, 1.165) is 39.6 Å². The molecule has 0 unspecified atom stereocenters. The van der Waals surface area contributed by atoms with E-state index < -0.39 is 0 Å². The molecule has 0 saturated carbocycles. The minimum Gasteiger partial charge on any atom is -0.330 e. The third-order valence-electron chi connectivity index (χ3n) is 5.92. The van der Waals surface area contributed by atoms with E-state index in [1.165, 1.54) is 6.08 Å². The van der Waals surface area contributed by atoms with Gasteiger partial charge in [-0.1, -0.05) is 44.2 Å². The Morgan fingerprint density at radius 3 is 2.68 bits per heavy atom. The van der Waals surface area contributed by atoms with Crippen LogP contribution in [-0.2, 0) is 11.3 Å². The van der Waals surface area contributed by atoms with E-state index in [2.05, 4.69) is 33.7 Å². The van der Waals surface area contributed by atoms with Crippen LogP contribution in [0.2, 0.25) is 0 Å². The van der Waals surface area contributed by atoms with Crippen molar-refractivity contribution in [2.75, 3.05) is 5.32 Å². The monoisotopic (exact) mass is 488 g/mol. The summed E-state index contributed by atoms with van der Waals surface area (Å²) < 4.78 is 3.95. The number of benzene rings is 2. The number of anilines is 1. The molecule has 5 aromatic rings. The van der Waals surface area contributed by atoms with Gasteiger partial charge in [0.2, 0.25) is 5.91 Å². The summed E-state index contributed by atoms with van der Waals surface area (Å²) in [5.41, 5.74) is 5.22. The fourth-order valence-corrected chi connectivity index (χ4v) is 4.20. The Kier molecular flexibility index (Phi) is 7.03. The van der Waals surface area contributed by atoms with Gasteiger partial charge in [-0.15, -0.1) is 0 Å². The van der Waals surface area contributed by atoms with Gasteiger partial charge in [-0.25, -0.2) is 9.67 Å². The molecule has 0 atom stereocenters. The van der Waals surface area contributed by atoms with Crippen LogP contribution in [0.1, 0.15) is 36.7 Å². The quantitative estimate of drug-likeness (QED) is 0.274. The van der Waals surface area contributed by atoms with Gasteiger partial charge in [0.05, 0.1) is 5.69 Å². The number of nitrogens with zero attached hydrogens (tertiary/aromatic N) is 5. The second kappa shape index (κ2) is 10.9. The van der Waals surface area contributed by atoms with E-state index >= 15 is 0 Å². The number of aromatic nitrogens is 5. The lowest BCUT2D eigenvalue weighted by Crippen LogP contribution is -2.09. The van der Waals surface area contributed by atoms with Crippen molar-refractivity contribution < 1.29 is 4.79 Å². The summed E-state index contributed by atoms with van der Waals surface area (Å²) in [7, 11) is 0. The molecule has 0 radical (unpaired) electrons. The number of para-hydroxylation sites is 1. The van der Waals surface area contributed by atoms with Crippen LogP contribution in [0.15, 0.2) is 104 Å². The average molecular weight is 489 g/mol. The fraction of sp³-hybridized carbons (Fsp3) is 0.133. The first-order valence-corrected chi connectivity index (χ1v) is 12.2. The highest BCUT2D eigenvalue weighted by Gasteiger charge is 2.12. The zero-order chi connectivity index (χ0) is 25.6. The van der Waals surface area contributed by atoms with Crippen molar-refractivity contribution in [1.82, 2.24) is 24.3 Å². The molecule has 1 amide bonds. The van der Waals surface area contributed by atoms with Crippen LogP contribution >= 0.6 is 0 Å². The van der Waals surface area contributed by atoms with E-state index in [1.807, 2.05) is 90.0 Å². The predicted molar refractivity (Wildman–Crippen MR) is 146 cm³/mol. The van der Waals surface area contributed by atoms with Crippen LogP contribution in [0, 0.1) is 0 Å². The largest absolute Gasteiger partial charge is 0.330 e. The number of pyridine rings is 1. The van der Waals surface area contributed by atoms with Crippen LogP contribution in [0.5, 0.6) is 0 Å². The number of imidazole rings is 1. The Balaban J connectivity index is 1.34. The number of carbonyl (C=O) groups is 1. The van der Waals surface area contributed by atoms with Crippen molar-refractivity contribution in [1.29, 1.82) is 0 Å². The summed E-state index contributed by atoms with van der Waals surface area (Å²) in [4.78, 5) is 21.5. The smallest absolute Gasteiger partial charge is 0.248 e. The maximum Gasteiger partial charge on any atom is 0.248 e. The van der Waals surface area contributed by atoms with E-state index in [-0.39, 0.29) is 5.91 Å². The van der Waals surface area contributed by atoms with Crippen molar-refractivity contribution in [2.45, 2.75) is 26.3 Å². The standard InChI is InChI=1S/C30H28N6O/c1-22(2)30-32-16-17-35(30)20-23-8-6-10-26(18-23)33-28(37)14-13-25-21-36(27-11-4-3-5-12-27)34-29(25)24-9-7-15-31-19-24/h3-19,21-22H,20H2,1-2H3,(H,33,37)/b14-13+. The maximum absolute atomic E-state index is 12.8. The summed E-state index contributed by atoms with van der Waals surface area (Å²) in [6, 6.07) is 21.6. The zero-order valence-corrected chi connectivity index (χ0v) is 20.8. The third-order valence-corrected chi connectivity index (χ3v) is 5.92. The molecule has 0 aliphatic carbocycles. The molecule has 0 aliphatic heterocycles. The summed E-state index contributed by atoms with van der Waals surface area (Å²) in [5.74, 6) is 1.16. The van der Waals surface area contributed by atoms with Crippen LogP contribution < -0.4 is 5.32 Å². The summed E-state index contributed by atoms with van der Waals surface area (Å²) in [5, 5.41) is 7.74. The third kappa shape index (κ3) is 5.73. The van der Waals surface area contributed by atoms with Gasteiger partial charge in [-0.2, -0.15) is 5.10 Å². The SMILES string of the molecule is CC(C)c1nccn1Cc1cccc(NC(=O)/C=C/c2cn(-c3ccccc3)nc2-c2cccnc2)c1. The van der Waals surface area contributed by atoms with Gasteiger partial charge >= 0.3 is 0 Å². The van der Waals surface area contributed by atoms with Crippen LogP contribution in [-0.4, -0.2) is 30.2 Å². The average Bonchev–Trinajstić information content (AvgIpc) is 3.56. The first-order chi connectivity index (χ1) is 18.1. The van der Waals surface area contributed by atoms with Gasteiger partial charge in [-0.05, 0) is 48.0 Å². The molecule has 5 rings (SSSR count). The van der Waals surface area contributed by atoms with E-state index in [0.29, 0.717) is 12.5 Å². The summed E-state index contributed by atoms with van der Waals surface area (Å²) >= 11 is 0. The lowest BCUT2D eigenvalue weighted by Gasteiger charge is -2.11. The van der Waals surface area contributed by atoms with Gasteiger partial charge in [0, 0.05) is 66.3 Å².